The average Bonchev–Trinajstić information content (AvgIpc) is 2.98. The molecular formula is C34H34BrNO5. The molecule has 6 nitrogen and oxygen atoms in total. The molecule has 1 amide bonds. The highest BCUT2D eigenvalue weighted by Crippen LogP contribution is 2.34. The van der Waals surface area contributed by atoms with Gasteiger partial charge in [0.05, 0.1) is 31.2 Å². The highest BCUT2D eigenvalue weighted by molar-refractivity contribution is 9.10. The Balaban J connectivity index is 1.59. The van der Waals surface area contributed by atoms with Crippen LogP contribution in [0.15, 0.2) is 102 Å². The third-order valence-corrected chi connectivity index (χ3v) is 7.09. The van der Waals surface area contributed by atoms with E-state index in [9.17, 15) is 9.59 Å². The van der Waals surface area contributed by atoms with E-state index in [4.69, 9.17) is 14.2 Å². The minimum Gasteiger partial charge on any atom is -0.490 e. The van der Waals surface area contributed by atoms with Gasteiger partial charge in [0.1, 0.15) is 17.2 Å². The van der Waals surface area contributed by atoms with Gasteiger partial charge in [0.25, 0.3) is 5.91 Å². The number of carbonyl (C=O) groups excluding carboxylic acids is 2. The molecule has 0 aromatic heterocycles. The number of ether oxygens (including phenoxy) is 3. The Hall–Kier alpha value is -4.10. The smallest absolute Gasteiger partial charge is 0.307 e. The van der Waals surface area contributed by atoms with Gasteiger partial charge < -0.3 is 19.5 Å². The minimum atomic E-state index is -0.611. The summed E-state index contributed by atoms with van der Waals surface area (Å²) >= 11 is 3.46. The van der Waals surface area contributed by atoms with Gasteiger partial charge in [0.2, 0.25) is 0 Å². The lowest BCUT2D eigenvalue weighted by atomic mass is 9.98. The van der Waals surface area contributed by atoms with Crippen molar-refractivity contribution in [1.82, 2.24) is 5.32 Å². The van der Waals surface area contributed by atoms with Crippen LogP contribution in [0.1, 0.15) is 55.1 Å². The van der Waals surface area contributed by atoms with Gasteiger partial charge in [-0.1, -0.05) is 89.9 Å². The average molecular weight is 617 g/mol. The van der Waals surface area contributed by atoms with E-state index < -0.39 is 12.0 Å². The fourth-order valence-corrected chi connectivity index (χ4v) is 4.87. The maximum absolute atomic E-state index is 13.5. The van der Waals surface area contributed by atoms with Crippen LogP contribution < -0.4 is 14.8 Å². The van der Waals surface area contributed by atoms with Crippen molar-refractivity contribution in [1.29, 1.82) is 0 Å². The number of nitrogens with one attached hydrogen (secondary N) is 1. The molecule has 41 heavy (non-hydrogen) atoms. The minimum absolute atomic E-state index is 0.0221. The van der Waals surface area contributed by atoms with E-state index in [1.165, 1.54) is 7.11 Å². The molecule has 7 heteroatoms. The predicted molar refractivity (Wildman–Crippen MR) is 164 cm³/mol. The van der Waals surface area contributed by atoms with Gasteiger partial charge in [-0.3, -0.25) is 9.59 Å². The molecule has 2 unspecified atom stereocenters. The molecule has 0 aliphatic carbocycles. The second-order valence-corrected chi connectivity index (χ2v) is 10.6. The first-order valence-corrected chi connectivity index (χ1v) is 14.4. The van der Waals surface area contributed by atoms with Crippen LogP contribution >= 0.6 is 15.9 Å². The molecular weight excluding hydrogens is 582 g/mol. The number of benzene rings is 4. The van der Waals surface area contributed by atoms with Crippen LogP contribution in [0.25, 0.3) is 11.1 Å². The third-order valence-electron chi connectivity index (χ3n) is 6.60. The van der Waals surface area contributed by atoms with E-state index in [1.807, 2.05) is 91.9 Å². The molecule has 0 saturated carbocycles. The van der Waals surface area contributed by atoms with Crippen molar-refractivity contribution in [2.75, 3.05) is 7.11 Å². The monoisotopic (exact) mass is 615 g/mol. The summed E-state index contributed by atoms with van der Waals surface area (Å²) in [5.41, 5.74) is 3.02. The number of para-hydroxylation sites is 2. The third kappa shape index (κ3) is 8.21. The Morgan fingerprint density at radius 1 is 0.878 bits per heavy atom. The SMILES string of the molecule is CCCC(C)Oc1ccc(Br)cc1C(=O)NC(CC(=O)OC)c1ccc(-c2ccccc2Oc2ccccc2)cc1. The molecule has 0 bridgehead atoms. The van der Waals surface area contributed by atoms with Crippen molar-refractivity contribution in [3.63, 3.8) is 0 Å². The van der Waals surface area contributed by atoms with E-state index in [0.717, 1.165) is 45.5 Å². The van der Waals surface area contributed by atoms with Gasteiger partial charge in [-0.2, -0.15) is 0 Å². The van der Waals surface area contributed by atoms with Gasteiger partial charge in [0, 0.05) is 10.0 Å². The van der Waals surface area contributed by atoms with E-state index >= 15 is 0 Å². The highest BCUT2D eigenvalue weighted by atomic mass is 79.9. The summed E-state index contributed by atoms with van der Waals surface area (Å²) in [6.45, 7) is 4.07. The van der Waals surface area contributed by atoms with E-state index in [-0.39, 0.29) is 18.4 Å². The molecule has 0 aliphatic rings. The molecule has 2 atom stereocenters. The van der Waals surface area contributed by atoms with Gasteiger partial charge >= 0.3 is 5.97 Å². The first-order valence-electron chi connectivity index (χ1n) is 13.6. The van der Waals surface area contributed by atoms with Crippen molar-refractivity contribution < 1.29 is 23.8 Å². The summed E-state index contributed by atoms with van der Waals surface area (Å²) in [6, 6.07) is 29.9. The number of hydrogen-bond donors (Lipinski definition) is 1. The van der Waals surface area contributed by atoms with Gasteiger partial charge in [-0.25, -0.2) is 0 Å². The number of esters is 1. The number of methoxy groups -OCH3 is 1. The lowest BCUT2D eigenvalue weighted by Crippen LogP contribution is -2.31. The molecule has 0 fully saturated rings. The topological polar surface area (TPSA) is 73.9 Å². The van der Waals surface area contributed by atoms with Gasteiger partial charge in [0.15, 0.2) is 0 Å². The Morgan fingerprint density at radius 2 is 1.59 bits per heavy atom. The molecule has 4 aromatic carbocycles. The van der Waals surface area contributed by atoms with Crippen molar-refractivity contribution in [2.24, 2.45) is 0 Å². The number of carbonyl (C=O) groups is 2. The Kier molecular flexibility index (Phi) is 10.6. The number of hydrogen-bond acceptors (Lipinski definition) is 5. The summed E-state index contributed by atoms with van der Waals surface area (Å²) < 4.78 is 17.9. The number of amides is 1. The summed E-state index contributed by atoms with van der Waals surface area (Å²) in [7, 11) is 1.34. The normalized spacial score (nSPS) is 12.2. The summed E-state index contributed by atoms with van der Waals surface area (Å²) in [5.74, 6) is 1.20. The maximum atomic E-state index is 13.5. The van der Waals surface area contributed by atoms with E-state index in [1.54, 1.807) is 12.1 Å². The fourth-order valence-electron chi connectivity index (χ4n) is 4.51. The maximum Gasteiger partial charge on any atom is 0.307 e. The Bertz CT molecular complexity index is 1460. The van der Waals surface area contributed by atoms with Crippen LogP contribution in [0, 0.1) is 0 Å². The molecule has 212 valence electrons. The quantitative estimate of drug-likeness (QED) is 0.162. The van der Waals surface area contributed by atoms with E-state index in [2.05, 4.69) is 28.2 Å². The number of rotatable bonds is 12. The van der Waals surface area contributed by atoms with Gasteiger partial charge in [-0.15, -0.1) is 0 Å². The second kappa shape index (κ2) is 14.5. The molecule has 1 N–H and O–H groups in total. The zero-order chi connectivity index (χ0) is 29.2. The Labute approximate surface area is 249 Å². The number of halogens is 1. The predicted octanol–water partition coefficient (Wildman–Crippen LogP) is 8.51. The standard InChI is InChI=1S/C34H34BrNO5/c1-4-10-23(2)40-32-20-19-26(35)21-29(32)34(38)36-30(22-33(37)39-3)25-17-15-24(16-18-25)28-13-8-9-14-31(28)41-27-11-6-5-7-12-27/h5-9,11-21,23,30H,4,10,22H2,1-3H3,(H,36,38). The summed E-state index contributed by atoms with van der Waals surface area (Å²) in [4.78, 5) is 25.9. The fraction of sp³-hybridized carbons (Fsp3) is 0.235. The van der Waals surface area contributed by atoms with Crippen molar-refractivity contribution >= 4 is 27.8 Å². The second-order valence-electron chi connectivity index (χ2n) is 9.70. The summed E-state index contributed by atoms with van der Waals surface area (Å²) in [5, 5.41) is 3.03. The molecule has 0 spiro atoms. The lowest BCUT2D eigenvalue weighted by molar-refractivity contribution is -0.141. The molecule has 0 heterocycles. The molecule has 4 aromatic rings. The Morgan fingerprint density at radius 3 is 2.29 bits per heavy atom. The van der Waals surface area contributed by atoms with Crippen LogP contribution in [-0.2, 0) is 9.53 Å². The van der Waals surface area contributed by atoms with Crippen LogP contribution in [-0.4, -0.2) is 25.1 Å². The van der Waals surface area contributed by atoms with Crippen LogP contribution in [0.3, 0.4) is 0 Å². The molecule has 0 radical (unpaired) electrons. The first kappa shape index (κ1) is 29.9. The van der Waals surface area contributed by atoms with Crippen LogP contribution in [0.2, 0.25) is 0 Å². The van der Waals surface area contributed by atoms with E-state index in [0.29, 0.717) is 11.3 Å². The van der Waals surface area contributed by atoms with Crippen LogP contribution in [0.5, 0.6) is 17.2 Å². The van der Waals surface area contributed by atoms with Crippen molar-refractivity contribution in [3.05, 3.63) is 113 Å². The first-order chi connectivity index (χ1) is 19.9. The zero-order valence-corrected chi connectivity index (χ0v) is 25.0. The molecule has 4 rings (SSSR count). The molecule has 0 aliphatic heterocycles. The largest absolute Gasteiger partial charge is 0.490 e. The molecule has 0 saturated heterocycles. The van der Waals surface area contributed by atoms with Crippen LogP contribution in [0.4, 0.5) is 0 Å². The van der Waals surface area contributed by atoms with Crippen molar-refractivity contribution in [2.45, 2.75) is 45.3 Å². The lowest BCUT2D eigenvalue weighted by Gasteiger charge is -2.21. The highest BCUT2D eigenvalue weighted by Gasteiger charge is 2.23. The van der Waals surface area contributed by atoms with Crippen molar-refractivity contribution in [3.8, 4) is 28.4 Å². The van der Waals surface area contributed by atoms with Gasteiger partial charge in [-0.05, 0) is 60.9 Å². The zero-order valence-electron chi connectivity index (χ0n) is 23.4. The summed E-state index contributed by atoms with van der Waals surface area (Å²) in [6.07, 6.45) is 1.78.